The molecule has 18 heavy (non-hydrogen) atoms. The number of non-ortho nitro benzene ring substituents is 1. The number of aryl methyl sites for hydroxylation is 1. The van der Waals surface area contributed by atoms with Crippen LogP contribution in [0.2, 0.25) is 0 Å². The molecule has 1 aliphatic heterocycles. The standard InChI is InChI=1S/C13H16N2O3/c1-10-5-12(7-13(6-10)15(17)18)14-4-2-3-11(8-14)9-16/h5-7,9,11H,2-4,8H2,1H3. The zero-order valence-electron chi connectivity index (χ0n) is 10.3. The molecule has 1 atom stereocenters. The Morgan fingerprint density at radius 2 is 2.22 bits per heavy atom. The number of piperidine rings is 1. The van der Waals surface area contributed by atoms with Crippen molar-refractivity contribution >= 4 is 17.7 Å². The molecule has 0 spiro atoms. The summed E-state index contributed by atoms with van der Waals surface area (Å²) in [5.74, 6) is 0.0401. The highest BCUT2D eigenvalue weighted by atomic mass is 16.6. The van der Waals surface area contributed by atoms with Gasteiger partial charge in [-0.2, -0.15) is 0 Å². The van der Waals surface area contributed by atoms with Crippen LogP contribution in [0.1, 0.15) is 18.4 Å². The molecule has 0 aliphatic carbocycles. The summed E-state index contributed by atoms with van der Waals surface area (Å²) in [5, 5.41) is 10.8. The molecule has 1 aliphatic rings. The van der Waals surface area contributed by atoms with Crippen LogP contribution in [0, 0.1) is 23.0 Å². The summed E-state index contributed by atoms with van der Waals surface area (Å²) >= 11 is 0. The minimum absolute atomic E-state index is 0.0401. The van der Waals surface area contributed by atoms with Crippen LogP contribution in [0.15, 0.2) is 18.2 Å². The summed E-state index contributed by atoms with van der Waals surface area (Å²) < 4.78 is 0. The average Bonchev–Trinajstić information content (AvgIpc) is 2.38. The predicted octanol–water partition coefficient (Wildman–Crippen LogP) is 2.32. The van der Waals surface area contributed by atoms with Crippen molar-refractivity contribution in [2.24, 2.45) is 5.92 Å². The van der Waals surface area contributed by atoms with Crippen molar-refractivity contribution < 1.29 is 9.72 Å². The summed E-state index contributed by atoms with van der Waals surface area (Å²) in [5.41, 5.74) is 1.82. The van der Waals surface area contributed by atoms with E-state index in [4.69, 9.17) is 0 Å². The number of hydrogen-bond acceptors (Lipinski definition) is 4. The quantitative estimate of drug-likeness (QED) is 0.468. The fraction of sp³-hybridized carbons (Fsp3) is 0.462. The van der Waals surface area contributed by atoms with Crippen molar-refractivity contribution in [3.63, 3.8) is 0 Å². The van der Waals surface area contributed by atoms with E-state index >= 15 is 0 Å². The fourth-order valence-corrected chi connectivity index (χ4v) is 2.39. The van der Waals surface area contributed by atoms with E-state index in [0.29, 0.717) is 6.54 Å². The van der Waals surface area contributed by atoms with Crippen LogP contribution < -0.4 is 4.90 Å². The number of anilines is 1. The van der Waals surface area contributed by atoms with E-state index in [-0.39, 0.29) is 16.5 Å². The van der Waals surface area contributed by atoms with Crippen LogP contribution in [0.3, 0.4) is 0 Å². The SMILES string of the molecule is Cc1cc(N2CCCC(C=O)C2)cc([N+](=O)[O-])c1. The molecule has 96 valence electrons. The maximum atomic E-state index is 10.8. The van der Waals surface area contributed by atoms with E-state index in [1.807, 2.05) is 13.0 Å². The maximum Gasteiger partial charge on any atom is 0.271 e. The molecule has 1 heterocycles. The first-order valence-corrected chi connectivity index (χ1v) is 6.06. The summed E-state index contributed by atoms with van der Waals surface area (Å²) in [6.07, 6.45) is 2.84. The van der Waals surface area contributed by atoms with Crippen molar-refractivity contribution in [3.05, 3.63) is 33.9 Å². The second-order valence-electron chi connectivity index (χ2n) is 4.77. The molecule has 0 N–H and O–H groups in total. The molecule has 0 saturated carbocycles. The van der Waals surface area contributed by atoms with Crippen molar-refractivity contribution in [2.45, 2.75) is 19.8 Å². The van der Waals surface area contributed by atoms with Gasteiger partial charge in [-0.05, 0) is 31.4 Å². The second kappa shape index (κ2) is 5.16. The molecule has 0 bridgehead atoms. The van der Waals surface area contributed by atoms with Gasteiger partial charge in [0.15, 0.2) is 0 Å². The number of hydrogen-bond donors (Lipinski definition) is 0. The number of benzene rings is 1. The first kappa shape index (κ1) is 12.5. The van der Waals surface area contributed by atoms with Crippen LogP contribution in [0.5, 0.6) is 0 Å². The molecule has 5 heteroatoms. The monoisotopic (exact) mass is 248 g/mol. The third-order valence-corrected chi connectivity index (χ3v) is 3.27. The molecule has 1 aromatic carbocycles. The third-order valence-electron chi connectivity index (χ3n) is 3.27. The molecule has 1 saturated heterocycles. The maximum absolute atomic E-state index is 10.8. The molecule has 5 nitrogen and oxygen atoms in total. The Morgan fingerprint density at radius 3 is 2.89 bits per heavy atom. The first-order chi connectivity index (χ1) is 8.60. The lowest BCUT2D eigenvalue weighted by Gasteiger charge is -2.32. The van der Waals surface area contributed by atoms with Gasteiger partial charge in [0.05, 0.1) is 4.92 Å². The van der Waals surface area contributed by atoms with E-state index in [9.17, 15) is 14.9 Å². The molecule has 0 radical (unpaired) electrons. The summed E-state index contributed by atoms with van der Waals surface area (Å²) in [6, 6.07) is 5.07. The van der Waals surface area contributed by atoms with E-state index in [1.165, 1.54) is 0 Å². The van der Waals surface area contributed by atoms with Crippen molar-refractivity contribution in [3.8, 4) is 0 Å². The Balaban J connectivity index is 2.26. The van der Waals surface area contributed by atoms with Crippen molar-refractivity contribution in [1.29, 1.82) is 0 Å². The highest BCUT2D eigenvalue weighted by Crippen LogP contribution is 2.27. The first-order valence-electron chi connectivity index (χ1n) is 6.06. The van der Waals surface area contributed by atoms with Crippen molar-refractivity contribution in [1.82, 2.24) is 0 Å². The average molecular weight is 248 g/mol. The van der Waals surface area contributed by atoms with E-state index < -0.39 is 0 Å². The summed E-state index contributed by atoms with van der Waals surface area (Å²) in [7, 11) is 0. The number of nitro groups is 1. The van der Waals surface area contributed by atoms with E-state index in [1.54, 1.807) is 12.1 Å². The minimum Gasteiger partial charge on any atom is -0.371 e. The van der Waals surface area contributed by atoms with Crippen LogP contribution >= 0.6 is 0 Å². The fourth-order valence-electron chi connectivity index (χ4n) is 2.39. The van der Waals surface area contributed by atoms with Crippen LogP contribution in [-0.2, 0) is 4.79 Å². The summed E-state index contributed by atoms with van der Waals surface area (Å²) in [4.78, 5) is 23.4. The normalized spacial score (nSPS) is 19.6. The Hall–Kier alpha value is -1.91. The highest BCUT2D eigenvalue weighted by molar-refractivity contribution is 5.60. The molecular formula is C13H16N2O3. The van der Waals surface area contributed by atoms with Crippen molar-refractivity contribution in [2.75, 3.05) is 18.0 Å². The minimum atomic E-state index is -0.377. The van der Waals surface area contributed by atoms with Crippen LogP contribution in [0.4, 0.5) is 11.4 Å². The lowest BCUT2D eigenvalue weighted by atomic mass is 9.99. The topological polar surface area (TPSA) is 63.5 Å². The Bertz CT molecular complexity index is 473. The zero-order chi connectivity index (χ0) is 13.1. The van der Waals surface area contributed by atoms with Gasteiger partial charge >= 0.3 is 0 Å². The number of rotatable bonds is 3. The van der Waals surface area contributed by atoms with Gasteiger partial charge in [0.1, 0.15) is 6.29 Å². The number of carbonyl (C=O) groups excluding carboxylic acids is 1. The third kappa shape index (κ3) is 2.67. The largest absolute Gasteiger partial charge is 0.371 e. The lowest BCUT2D eigenvalue weighted by molar-refractivity contribution is -0.384. The molecular weight excluding hydrogens is 232 g/mol. The molecule has 1 aromatic rings. The Morgan fingerprint density at radius 1 is 1.44 bits per heavy atom. The van der Waals surface area contributed by atoms with Gasteiger partial charge in [-0.1, -0.05) is 0 Å². The molecule has 2 rings (SSSR count). The smallest absolute Gasteiger partial charge is 0.271 e. The second-order valence-corrected chi connectivity index (χ2v) is 4.77. The van der Waals surface area contributed by atoms with Gasteiger partial charge in [0.25, 0.3) is 5.69 Å². The summed E-state index contributed by atoms with van der Waals surface area (Å²) in [6.45, 7) is 3.35. The van der Waals surface area contributed by atoms with Gasteiger partial charge in [-0.25, -0.2) is 0 Å². The van der Waals surface area contributed by atoms with Gasteiger partial charge in [0.2, 0.25) is 0 Å². The molecule has 0 amide bonds. The van der Waals surface area contributed by atoms with Crippen LogP contribution in [0.25, 0.3) is 0 Å². The number of nitro benzene ring substituents is 1. The van der Waals surface area contributed by atoms with Gasteiger partial charge in [-0.3, -0.25) is 10.1 Å². The van der Waals surface area contributed by atoms with Gasteiger partial charge < -0.3 is 9.69 Å². The van der Waals surface area contributed by atoms with E-state index in [2.05, 4.69) is 4.90 Å². The molecule has 1 fully saturated rings. The van der Waals surface area contributed by atoms with Gasteiger partial charge in [0, 0.05) is 36.8 Å². The number of carbonyl (C=O) groups is 1. The molecule has 1 unspecified atom stereocenters. The van der Waals surface area contributed by atoms with Crippen LogP contribution in [-0.4, -0.2) is 24.3 Å². The zero-order valence-corrected chi connectivity index (χ0v) is 10.3. The predicted molar refractivity (Wildman–Crippen MR) is 68.8 cm³/mol. The van der Waals surface area contributed by atoms with E-state index in [0.717, 1.165) is 36.9 Å². The Kier molecular flexibility index (Phi) is 3.60. The van der Waals surface area contributed by atoms with Gasteiger partial charge in [-0.15, -0.1) is 0 Å². The highest BCUT2D eigenvalue weighted by Gasteiger charge is 2.21. The Labute approximate surface area is 106 Å². The number of aldehydes is 1. The lowest BCUT2D eigenvalue weighted by Crippen LogP contribution is -2.36. The number of nitrogens with zero attached hydrogens (tertiary/aromatic N) is 2. The molecule has 0 aromatic heterocycles.